The van der Waals surface area contributed by atoms with Crippen molar-refractivity contribution in [1.29, 1.82) is 0 Å². The smallest absolute Gasteiger partial charge is 0.0219 e. The fourth-order valence-corrected chi connectivity index (χ4v) is 2.37. The maximum absolute atomic E-state index is 3.18. The topological polar surface area (TPSA) is 17.0 Å². The highest BCUT2D eigenvalue weighted by Crippen LogP contribution is 2.09. The summed E-state index contributed by atoms with van der Waals surface area (Å²) in [6.07, 6.45) is 15.6. The molecule has 0 radical (unpaired) electrons. The Morgan fingerprint density at radius 2 is 1.67 bits per heavy atom. The Balaban J connectivity index is 1.96. The molecule has 2 nitrogen and oxygen atoms in total. The zero-order valence-electron chi connectivity index (χ0n) is 12.3. The van der Waals surface area contributed by atoms with Crippen LogP contribution in [0.3, 0.4) is 0 Å². The summed E-state index contributed by atoms with van der Waals surface area (Å²) in [5.41, 5.74) is 1.39. The van der Waals surface area contributed by atoms with Gasteiger partial charge in [0, 0.05) is 25.5 Å². The first-order chi connectivity index (χ1) is 8.86. The van der Waals surface area contributed by atoms with Gasteiger partial charge in [-0.2, -0.15) is 0 Å². The Morgan fingerprint density at radius 3 is 2.33 bits per heavy atom. The lowest BCUT2D eigenvalue weighted by molar-refractivity contribution is 0.544. The number of nitrogens with zero attached hydrogens (tertiary/aromatic N) is 1. The van der Waals surface area contributed by atoms with Crippen LogP contribution in [0.1, 0.15) is 63.9 Å². The minimum absolute atomic E-state index is 0.977. The molecule has 104 valence electrons. The minimum atomic E-state index is 0.977. The van der Waals surface area contributed by atoms with Gasteiger partial charge in [0.15, 0.2) is 0 Å². The highest BCUT2D eigenvalue weighted by atomic mass is 14.9. The number of hydrogen-bond donors (Lipinski definition) is 1. The van der Waals surface area contributed by atoms with E-state index in [9.17, 15) is 0 Å². The average Bonchev–Trinajstić information content (AvgIpc) is 2.81. The molecule has 0 aliphatic rings. The van der Waals surface area contributed by atoms with E-state index in [1.54, 1.807) is 0 Å². The molecule has 1 heterocycles. The van der Waals surface area contributed by atoms with Gasteiger partial charge >= 0.3 is 0 Å². The highest BCUT2D eigenvalue weighted by molar-refractivity contribution is 5.09. The summed E-state index contributed by atoms with van der Waals surface area (Å²) in [6.45, 7) is 4.43. The highest BCUT2D eigenvalue weighted by Gasteiger charge is 1.96. The van der Waals surface area contributed by atoms with Crippen LogP contribution >= 0.6 is 0 Å². The third kappa shape index (κ3) is 6.85. The molecule has 0 amide bonds. The average molecular weight is 250 g/mol. The summed E-state index contributed by atoms with van der Waals surface area (Å²) in [6, 6.07) is 2.21. The first kappa shape index (κ1) is 15.3. The van der Waals surface area contributed by atoms with Crippen LogP contribution in [0.4, 0.5) is 0 Å². The molecule has 0 atom stereocenters. The van der Waals surface area contributed by atoms with Crippen molar-refractivity contribution in [1.82, 2.24) is 9.88 Å². The van der Waals surface area contributed by atoms with E-state index in [4.69, 9.17) is 0 Å². The van der Waals surface area contributed by atoms with Crippen molar-refractivity contribution in [2.24, 2.45) is 0 Å². The van der Waals surface area contributed by atoms with Crippen LogP contribution in [-0.2, 0) is 13.1 Å². The standard InChI is InChI=1S/C16H30N2/c1-3-4-5-6-7-8-9-10-12-18-13-11-16(15-18)14-17-2/h11,13,15,17H,3-10,12,14H2,1-2H3. The van der Waals surface area contributed by atoms with E-state index >= 15 is 0 Å². The van der Waals surface area contributed by atoms with Crippen molar-refractivity contribution in [3.8, 4) is 0 Å². The van der Waals surface area contributed by atoms with Crippen LogP contribution in [0.15, 0.2) is 18.5 Å². The SMILES string of the molecule is CCCCCCCCCCn1ccc(CNC)c1. The fourth-order valence-electron chi connectivity index (χ4n) is 2.37. The molecular weight excluding hydrogens is 220 g/mol. The van der Waals surface area contributed by atoms with Gasteiger partial charge in [-0.3, -0.25) is 0 Å². The zero-order chi connectivity index (χ0) is 13.1. The zero-order valence-corrected chi connectivity index (χ0v) is 12.3. The summed E-state index contributed by atoms with van der Waals surface area (Å²) in [5.74, 6) is 0. The molecule has 2 heteroatoms. The van der Waals surface area contributed by atoms with Gasteiger partial charge in [0.2, 0.25) is 0 Å². The Morgan fingerprint density at radius 1 is 1.00 bits per heavy atom. The molecule has 1 rings (SSSR count). The molecule has 0 aliphatic heterocycles. The quantitative estimate of drug-likeness (QED) is 0.578. The molecule has 0 bridgehead atoms. The van der Waals surface area contributed by atoms with Crippen molar-refractivity contribution in [2.75, 3.05) is 7.05 Å². The molecule has 0 fully saturated rings. The van der Waals surface area contributed by atoms with Crippen LogP contribution < -0.4 is 5.32 Å². The van der Waals surface area contributed by atoms with E-state index in [2.05, 4.69) is 35.3 Å². The predicted molar refractivity (Wildman–Crippen MR) is 79.8 cm³/mol. The summed E-state index contributed by atoms with van der Waals surface area (Å²) >= 11 is 0. The molecule has 1 N–H and O–H groups in total. The van der Waals surface area contributed by atoms with E-state index in [0.29, 0.717) is 0 Å². The van der Waals surface area contributed by atoms with E-state index < -0.39 is 0 Å². The third-order valence-electron chi connectivity index (χ3n) is 3.46. The molecule has 0 aliphatic carbocycles. The molecule has 1 aromatic heterocycles. The van der Waals surface area contributed by atoms with Gasteiger partial charge in [-0.1, -0.05) is 51.9 Å². The number of rotatable bonds is 11. The summed E-state index contributed by atoms with van der Waals surface area (Å²) in [5, 5.41) is 3.18. The molecular formula is C16H30N2. The van der Waals surface area contributed by atoms with Gasteiger partial charge < -0.3 is 9.88 Å². The van der Waals surface area contributed by atoms with Crippen LogP contribution in [-0.4, -0.2) is 11.6 Å². The summed E-state index contributed by atoms with van der Waals surface area (Å²) in [4.78, 5) is 0. The minimum Gasteiger partial charge on any atom is -0.354 e. The van der Waals surface area contributed by atoms with Gasteiger partial charge in [-0.25, -0.2) is 0 Å². The van der Waals surface area contributed by atoms with Gasteiger partial charge in [0.05, 0.1) is 0 Å². The van der Waals surface area contributed by atoms with Crippen LogP contribution in [0.25, 0.3) is 0 Å². The number of nitrogens with one attached hydrogen (secondary N) is 1. The van der Waals surface area contributed by atoms with Crippen molar-refractivity contribution in [3.05, 3.63) is 24.0 Å². The molecule has 18 heavy (non-hydrogen) atoms. The van der Waals surface area contributed by atoms with Gasteiger partial charge in [-0.05, 0) is 25.1 Å². The number of aryl methyl sites for hydroxylation is 1. The first-order valence-electron chi connectivity index (χ1n) is 7.66. The van der Waals surface area contributed by atoms with Gasteiger partial charge in [-0.15, -0.1) is 0 Å². The summed E-state index contributed by atoms with van der Waals surface area (Å²) < 4.78 is 2.32. The second-order valence-electron chi connectivity index (χ2n) is 5.26. The lowest BCUT2D eigenvalue weighted by Crippen LogP contribution is -2.04. The van der Waals surface area contributed by atoms with Crippen LogP contribution in [0.5, 0.6) is 0 Å². The fraction of sp³-hybridized carbons (Fsp3) is 0.750. The van der Waals surface area contributed by atoms with Crippen molar-refractivity contribution in [3.63, 3.8) is 0 Å². The van der Waals surface area contributed by atoms with E-state index in [1.807, 2.05) is 7.05 Å². The number of hydrogen-bond acceptors (Lipinski definition) is 1. The first-order valence-corrected chi connectivity index (χ1v) is 7.66. The summed E-state index contributed by atoms with van der Waals surface area (Å²) in [7, 11) is 2.00. The lowest BCUT2D eigenvalue weighted by Gasteiger charge is -2.03. The Labute approximate surface area is 113 Å². The molecule has 0 unspecified atom stereocenters. The number of unbranched alkanes of at least 4 members (excludes halogenated alkanes) is 7. The molecule has 0 spiro atoms. The van der Waals surface area contributed by atoms with Crippen molar-refractivity contribution < 1.29 is 0 Å². The normalized spacial score (nSPS) is 11.0. The molecule has 0 aromatic carbocycles. The predicted octanol–water partition coefficient (Wildman–Crippen LogP) is 4.35. The van der Waals surface area contributed by atoms with Crippen molar-refractivity contribution >= 4 is 0 Å². The maximum atomic E-state index is 3.18. The molecule has 1 aromatic rings. The van der Waals surface area contributed by atoms with E-state index in [0.717, 1.165) is 6.54 Å². The Hall–Kier alpha value is -0.760. The Kier molecular flexibility index (Phi) is 8.66. The Bertz CT molecular complexity index is 291. The molecule has 0 saturated carbocycles. The monoisotopic (exact) mass is 250 g/mol. The second kappa shape index (κ2) is 10.2. The van der Waals surface area contributed by atoms with E-state index in [1.165, 1.54) is 63.5 Å². The second-order valence-corrected chi connectivity index (χ2v) is 5.26. The largest absolute Gasteiger partial charge is 0.354 e. The van der Waals surface area contributed by atoms with Gasteiger partial charge in [0.1, 0.15) is 0 Å². The van der Waals surface area contributed by atoms with Gasteiger partial charge in [0.25, 0.3) is 0 Å². The van der Waals surface area contributed by atoms with Crippen LogP contribution in [0.2, 0.25) is 0 Å². The number of aromatic nitrogens is 1. The third-order valence-corrected chi connectivity index (χ3v) is 3.46. The maximum Gasteiger partial charge on any atom is 0.0219 e. The van der Waals surface area contributed by atoms with E-state index in [-0.39, 0.29) is 0 Å². The van der Waals surface area contributed by atoms with Crippen molar-refractivity contribution in [2.45, 2.75) is 71.4 Å². The van der Waals surface area contributed by atoms with Crippen LogP contribution in [0, 0.1) is 0 Å². The molecule has 0 saturated heterocycles. The lowest BCUT2D eigenvalue weighted by atomic mass is 10.1.